The summed E-state index contributed by atoms with van der Waals surface area (Å²) < 4.78 is 6.37. The SMILES string of the molecule is c1ccc(-c2cc(-c3ccc4oc5ccc(-c6ccc7ccccc7c6)cc5c4c3)cc(N(c3ccccc3)c3ccccc3)c2)cc1. The molecule has 0 bridgehead atoms. The molecule has 2 heteroatoms. The predicted octanol–water partition coefficient (Wildman–Crippen LogP) is 13.2. The molecule has 1 aromatic heterocycles. The van der Waals surface area contributed by atoms with Gasteiger partial charge in [-0.1, -0.05) is 115 Å². The Balaban J connectivity index is 1.21. The number of hydrogen-bond acceptors (Lipinski definition) is 2. The van der Waals surface area contributed by atoms with Gasteiger partial charge < -0.3 is 9.32 Å². The summed E-state index contributed by atoms with van der Waals surface area (Å²) in [6, 6.07) is 67.0. The minimum Gasteiger partial charge on any atom is -0.456 e. The summed E-state index contributed by atoms with van der Waals surface area (Å²) in [5.74, 6) is 0. The van der Waals surface area contributed by atoms with Crippen LogP contribution in [0.2, 0.25) is 0 Å². The third kappa shape index (κ3) is 5.10. The lowest BCUT2D eigenvalue weighted by Crippen LogP contribution is -2.10. The first kappa shape index (κ1) is 27.9. The Labute approximate surface area is 279 Å². The van der Waals surface area contributed by atoms with Gasteiger partial charge in [-0.3, -0.25) is 0 Å². The van der Waals surface area contributed by atoms with Crippen LogP contribution in [0.25, 0.3) is 66.1 Å². The maximum atomic E-state index is 6.37. The highest BCUT2D eigenvalue weighted by Gasteiger charge is 2.17. The van der Waals surface area contributed by atoms with Crippen LogP contribution in [0.1, 0.15) is 0 Å². The highest BCUT2D eigenvalue weighted by Crippen LogP contribution is 2.41. The molecule has 1 heterocycles. The second-order valence-corrected chi connectivity index (χ2v) is 12.2. The van der Waals surface area contributed by atoms with Gasteiger partial charge >= 0.3 is 0 Å². The normalized spacial score (nSPS) is 11.3. The van der Waals surface area contributed by atoms with Gasteiger partial charge in [-0.15, -0.1) is 0 Å². The van der Waals surface area contributed by atoms with E-state index in [-0.39, 0.29) is 0 Å². The van der Waals surface area contributed by atoms with E-state index in [2.05, 4.69) is 193 Å². The molecule has 0 radical (unpaired) electrons. The summed E-state index contributed by atoms with van der Waals surface area (Å²) in [5, 5.41) is 4.71. The van der Waals surface area contributed by atoms with Crippen LogP contribution in [-0.4, -0.2) is 0 Å². The minimum atomic E-state index is 0.888. The Bertz CT molecular complexity index is 2510. The zero-order valence-corrected chi connectivity index (χ0v) is 26.3. The van der Waals surface area contributed by atoms with Crippen molar-refractivity contribution in [3.05, 3.63) is 188 Å². The second kappa shape index (κ2) is 11.8. The smallest absolute Gasteiger partial charge is 0.135 e. The quantitative estimate of drug-likeness (QED) is 0.185. The maximum absolute atomic E-state index is 6.37. The van der Waals surface area contributed by atoms with E-state index in [0.29, 0.717) is 0 Å². The van der Waals surface area contributed by atoms with Crippen molar-refractivity contribution < 1.29 is 4.42 Å². The predicted molar refractivity (Wildman–Crippen MR) is 202 cm³/mol. The second-order valence-electron chi connectivity index (χ2n) is 12.2. The summed E-state index contributed by atoms with van der Waals surface area (Å²) in [6.07, 6.45) is 0. The standard InChI is InChI=1S/C46H31NO/c1-4-12-32(13-5-1)38-27-39(29-42(28-38)47(40-16-6-2-7-17-40)41-18-8-3-9-19-41)37-23-25-46-44(31-37)43-30-36(22-24-45(43)48-46)35-21-20-33-14-10-11-15-34(33)26-35/h1-31H. The van der Waals surface area contributed by atoms with E-state index in [1.54, 1.807) is 0 Å². The topological polar surface area (TPSA) is 16.4 Å². The fourth-order valence-corrected chi connectivity index (χ4v) is 6.81. The lowest BCUT2D eigenvalue weighted by molar-refractivity contribution is 0.669. The number of rotatable bonds is 6. The number of fused-ring (bicyclic) bond motifs is 4. The summed E-state index contributed by atoms with van der Waals surface area (Å²) in [6.45, 7) is 0. The molecule has 0 fully saturated rings. The van der Waals surface area contributed by atoms with Gasteiger partial charge in [-0.05, 0) is 117 Å². The van der Waals surface area contributed by atoms with E-state index >= 15 is 0 Å². The van der Waals surface area contributed by atoms with E-state index in [4.69, 9.17) is 4.42 Å². The molecule has 0 aliphatic carbocycles. The van der Waals surface area contributed by atoms with Crippen LogP contribution in [0.3, 0.4) is 0 Å². The Morgan fingerprint density at radius 2 is 0.771 bits per heavy atom. The first-order chi connectivity index (χ1) is 23.8. The number of benzene rings is 8. The first-order valence-electron chi connectivity index (χ1n) is 16.3. The van der Waals surface area contributed by atoms with Crippen LogP contribution in [0.15, 0.2) is 192 Å². The zero-order valence-electron chi connectivity index (χ0n) is 26.3. The molecule has 8 aromatic carbocycles. The van der Waals surface area contributed by atoms with Crippen molar-refractivity contribution in [1.29, 1.82) is 0 Å². The molecule has 0 saturated heterocycles. The van der Waals surface area contributed by atoms with Crippen molar-refractivity contribution in [1.82, 2.24) is 0 Å². The molecule has 48 heavy (non-hydrogen) atoms. The Morgan fingerprint density at radius 3 is 1.40 bits per heavy atom. The Kier molecular flexibility index (Phi) is 6.84. The maximum Gasteiger partial charge on any atom is 0.135 e. The molecule has 9 rings (SSSR count). The van der Waals surface area contributed by atoms with E-state index in [0.717, 1.165) is 55.7 Å². The third-order valence-electron chi connectivity index (χ3n) is 9.20. The van der Waals surface area contributed by atoms with Crippen molar-refractivity contribution in [2.24, 2.45) is 0 Å². The van der Waals surface area contributed by atoms with Gasteiger partial charge in [0.05, 0.1) is 0 Å². The van der Waals surface area contributed by atoms with Crippen LogP contribution < -0.4 is 4.90 Å². The summed E-state index contributed by atoms with van der Waals surface area (Å²) in [7, 11) is 0. The third-order valence-corrected chi connectivity index (χ3v) is 9.20. The minimum absolute atomic E-state index is 0.888. The molecule has 0 unspecified atom stereocenters. The van der Waals surface area contributed by atoms with Gasteiger partial charge in [0, 0.05) is 27.8 Å². The first-order valence-corrected chi connectivity index (χ1v) is 16.3. The largest absolute Gasteiger partial charge is 0.456 e. The number of anilines is 3. The Hall–Kier alpha value is -6.38. The van der Waals surface area contributed by atoms with Gasteiger partial charge in [-0.25, -0.2) is 0 Å². The summed E-state index contributed by atoms with van der Waals surface area (Å²) >= 11 is 0. The molecule has 9 aromatic rings. The molecule has 0 atom stereocenters. The fraction of sp³-hybridized carbons (Fsp3) is 0. The molecule has 0 saturated carbocycles. The molecule has 0 N–H and O–H groups in total. The van der Waals surface area contributed by atoms with Gasteiger partial charge in [0.25, 0.3) is 0 Å². The molecule has 0 aliphatic rings. The molecule has 2 nitrogen and oxygen atoms in total. The molecular formula is C46H31NO. The number of nitrogens with zero attached hydrogens (tertiary/aromatic N) is 1. The van der Waals surface area contributed by atoms with Crippen LogP contribution in [0.4, 0.5) is 17.1 Å². The van der Waals surface area contributed by atoms with E-state index in [1.807, 2.05) is 0 Å². The van der Waals surface area contributed by atoms with Gasteiger partial charge in [0.1, 0.15) is 11.2 Å². The van der Waals surface area contributed by atoms with Crippen LogP contribution in [0.5, 0.6) is 0 Å². The van der Waals surface area contributed by atoms with Crippen LogP contribution >= 0.6 is 0 Å². The highest BCUT2D eigenvalue weighted by molar-refractivity contribution is 6.08. The van der Waals surface area contributed by atoms with Crippen molar-refractivity contribution in [3.63, 3.8) is 0 Å². The number of para-hydroxylation sites is 2. The summed E-state index contributed by atoms with van der Waals surface area (Å²) in [5.41, 5.74) is 12.1. The van der Waals surface area contributed by atoms with E-state index in [1.165, 1.54) is 27.5 Å². The Morgan fingerprint density at radius 1 is 0.292 bits per heavy atom. The fourth-order valence-electron chi connectivity index (χ4n) is 6.81. The molecule has 0 aliphatic heterocycles. The van der Waals surface area contributed by atoms with Gasteiger partial charge in [0.15, 0.2) is 0 Å². The van der Waals surface area contributed by atoms with E-state index in [9.17, 15) is 0 Å². The van der Waals surface area contributed by atoms with Crippen molar-refractivity contribution in [3.8, 4) is 33.4 Å². The summed E-state index contributed by atoms with van der Waals surface area (Å²) in [4.78, 5) is 2.33. The van der Waals surface area contributed by atoms with Gasteiger partial charge in [0.2, 0.25) is 0 Å². The lowest BCUT2D eigenvalue weighted by atomic mass is 9.95. The highest BCUT2D eigenvalue weighted by atomic mass is 16.3. The lowest BCUT2D eigenvalue weighted by Gasteiger charge is -2.26. The van der Waals surface area contributed by atoms with Crippen molar-refractivity contribution in [2.45, 2.75) is 0 Å². The molecule has 0 spiro atoms. The zero-order chi connectivity index (χ0) is 31.9. The van der Waals surface area contributed by atoms with Crippen molar-refractivity contribution in [2.75, 3.05) is 4.90 Å². The van der Waals surface area contributed by atoms with Crippen LogP contribution in [-0.2, 0) is 0 Å². The van der Waals surface area contributed by atoms with Gasteiger partial charge in [-0.2, -0.15) is 0 Å². The number of furan rings is 1. The number of hydrogen-bond donors (Lipinski definition) is 0. The monoisotopic (exact) mass is 613 g/mol. The molecular weight excluding hydrogens is 583 g/mol. The van der Waals surface area contributed by atoms with E-state index < -0.39 is 0 Å². The average Bonchev–Trinajstić information content (AvgIpc) is 3.53. The molecule has 226 valence electrons. The molecule has 0 amide bonds. The van der Waals surface area contributed by atoms with Crippen molar-refractivity contribution >= 4 is 49.8 Å². The van der Waals surface area contributed by atoms with Crippen LogP contribution in [0, 0.1) is 0 Å². The average molecular weight is 614 g/mol.